The fourth-order valence-electron chi connectivity index (χ4n) is 7.55. The number of piperidine rings is 1. The van der Waals surface area contributed by atoms with Crippen molar-refractivity contribution in [2.24, 2.45) is 23.2 Å². The number of methoxy groups -OCH3 is 3. The molecule has 45 heavy (non-hydrogen) atoms. The summed E-state index contributed by atoms with van der Waals surface area (Å²) in [6.07, 6.45) is 8.97. The zero-order valence-electron chi connectivity index (χ0n) is 26.6. The number of nitrogens with zero attached hydrogens (tertiary/aromatic N) is 1. The summed E-state index contributed by atoms with van der Waals surface area (Å²) in [4.78, 5) is 15.3. The van der Waals surface area contributed by atoms with E-state index in [1.54, 1.807) is 21.3 Å². The molecule has 1 saturated carbocycles. The maximum atomic E-state index is 13.3. The number of likely N-dealkylation sites (tertiary alicyclic amines) is 1. The van der Waals surface area contributed by atoms with Gasteiger partial charge >= 0.3 is 0 Å². The van der Waals surface area contributed by atoms with Crippen molar-refractivity contribution in [1.29, 1.82) is 0 Å². The average Bonchev–Trinajstić information content (AvgIpc) is 3.73. The van der Waals surface area contributed by atoms with Gasteiger partial charge in [0.15, 0.2) is 0 Å². The lowest BCUT2D eigenvalue weighted by Gasteiger charge is -2.44. The molecule has 2 bridgehead atoms. The molecule has 7 heteroatoms. The first-order valence-electron chi connectivity index (χ1n) is 16.1. The highest BCUT2D eigenvalue weighted by molar-refractivity contribution is 5.76. The predicted octanol–water partition coefficient (Wildman–Crippen LogP) is 6.22. The molecule has 0 aromatic heterocycles. The molecule has 3 atom stereocenters. The van der Waals surface area contributed by atoms with Crippen LogP contribution in [0.15, 0.2) is 84.9 Å². The Balaban J connectivity index is 1.28. The van der Waals surface area contributed by atoms with Crippen molar-refractivity contribution in [1.82, 2.24) is 4.90 Å². The maximum absolute atomic E-state index is 13.3. The molecular weight excluding hydrogens is 566 g/mol. The largest absolute Gasteiger partial charge is 0.497 e. The van der Waals surface area contributed by atoms with E-state index < -0.39 is 11.0 Å². The summed E-state index contributed by atoms with van der Waals surface area (Å²) in [5.74, 6) is 4.20. The van der Waals surface area contributed by atoms with Crippen LogP contribution in [-0.4, -0.2) is 63.5 Å². The predicted molar refractivity (Wildman–Crippen MR) is 174 cm³/mol. The van der Waals surface area contributed by atoms with Crippen molar-refractivity contribution in [2.45, 2.75) is 37.7 Å². The van der Waals surface area contributed by atoms with Crippen LogP contribution in [0.5, 0.6) is 17.2 Å². The van der Waals surface area contributed by atoms with E-state index in [1.807, 2.05) is 77.7 Å². The minimum absolute atomic E-state index is 0.0177. The van der Waals surface area contributed by atoms with Crippen LogP contribution in [-0.2, 0) is 15.1 Å². The molecule has 3 aromatic carbocycles. The molecule has 1 amide bonds. The Morgan fingerprint density at radius 1 is 0.778 bits per heavy atom. The SMILES string of the molecule is COc1ccc(C(OCC2(CO)CCN(C(=O)CC3CC4C=CC3C4)CC2)(c2ccc(OC)cc2)c2ccc(OC)cc2)cc1. The quantitative estimate of drug-likeness (QED) is 0.194. The molecule has 3 unspecified atom stereocenters. The van der Waals surface area contributed by atoms with E-state index in [4.69, 9.17) is 18.9 Å². The second kappa shape index (κ2) is 13.3. The lowest BCUT2D eigenvalue weighted by molar-refractivity contribution is -0.138. The fourth-order valence-corrected chi connectivity index (χ4v) is 7.55. The number of rotatable bonds is 12. The van der Waals surface area contributed by atoms with Crippen molar-refractivity contribution < 1.29 is 28.8 Å². The third-order valence-corrected chi connectivity index (χ3v) is 10.4. The van der Waals surface area contributed by atoms with Gasteiger partial charge in [-0.2, -0.15) is 0 Å². The van der Waals surface area contributed by atoms with Gasteiger partial charge < -0.3 is 29.0 Å². The van der Waals surface area contributed by atoms with Crippen molar-refractivity contribution in [3.8, 4) is 17.2 Å². The molecule has 1 heterocycles. The highest BCUT2D eigenvalue weighted by Crippen LogP contribution is 2.46. The summed E-state index contributed by atoms with van der Waals surface area (Å²) in [5.41, 5.74) is 1.30. The molecule has 3 aliphatic rings. The van der Waals surface area contributed by atoms with Gasteiger partial charge in [-0.25, -0.2) is 0 Å². The van der Waals surface area contributed by atoms with Crippen molar-refractivity contribution in [3.63, 3.8) is 0 Å². The van der Waals surface area contributed by atoms with Gasteiger partial charge in [-0.05, 0) is 96.5 Å². The highest BCUT2D eigenvalue weighted by Gasteiger charge is 2.44. The second-order valence-corrected chi connectivity index (χ2v) is 12.9. The molecule has 1 aliphatic heterocycles. The summed E-state index contributed by atoms with van der Waals surface area (Å²) >= 11 is 0. The summed E-state index contributed by atoms with van der Waals surface area (Å²) in [6.45, 7) is 1.54. The van der Waals surface area contributed by atoms with Gasteiger partial charge in [-0.1, -0.05) is 48.6 Å². The summed E-state index contributed by atoms with van der Waals surface area (Å²) in [5, 5.41) is 10.8. The van der Waals surface area contributed by atoms with Crippen LogP contribution in [0.3, 0.4) is 0 Å². The van der Waals surface area contributed by atoms with E-state index in [0.29, 0.717) is 56.7 Å². The zero-order valence-corrected chi connectivity index (χ0v) is 26.6. The summed E-state index contributed by atoms with van der Waals surface area (Å²) < 4.78 is 23.6. The Morgan fingerprint density at radius 3 is 1.64 bits per heavy atom. The maximum Gasteiger partial charge on any atom is 0.222 e. The number of fused-ring (bicyclic) bond motifs is 2. The normalized spacial score (nSPS) is 22.0. The lowest BCUT2D eigenvalue weighted by atomic mass is 9.77. The molecule has 7 nitrogen and oxygen atoms in total. The van der Waals surface area contributed by atoms with Crippen LogP contribution >= 0.6 is 0 Å². The number of amides is 1. The van der Waals surface area contributed by atoms with Crippen LogP contribution < -0.4 is 14.2 Å². The molecular formula is C38H45NO6. The smallest absolute Gasteiger partial charge is 0.222 e. The summed E-state index contributed by atoms with van der Waals surface area (Å²) in [7, 11) is 4.97. The minimum Gasteiger partial charge on any atom is -0.497 e. The van der Waals surface area contributed by atoms with E-state index in [-0.39, 0.29) is 12.5 Å². The first kappa shape index (κ1) is 31.2. The molecule has 238 valence electrons. The molecule has 1 N–H and O–H groups in total. The van der Waals surface area contributed by atoms with Crippen LogP contribution in [0, 0.1) is 23.2 Å². The van der Waals surface area contributed by atoms with Gasteiger partial charge in [-0.15, -0.1) is 0 Å². The number of ether oxygens (including phenoxy) is 4. The zero-order chi connectivity index (χ0) is 31.4. The molecule has 0 radical (unpaired) electrons. The van der Waals surface area contributed by atoms with E-state index >= 15 is 0 Å². The third-order valence-electron chi connectivity index (χ3n) is 10.4. The lowest BCUT2D eigenvalue weighted by Crippen LogP contribution is -2.48. The van der Waals surface area contributed by atoms with Crippen LogP contribution in [0.2, 0.25) is 0 Å². The van der Waals surface area contributed by atoms with Gasteiger partial charge in [0.1, 0.15) is 22.8 Å². The molecule has 3 aromatic rings. The fraction of sp³-hybridized carbons (Fsp3) is 0.447. The van der Waals surface area contributed by atoms with E-state index in [2.05, 4.69) is 12.2 Å². The number of aliphatic hydroxyl groups excluding tert-OH is 1. The number of allylic oxidation sites excluding steroid dienone is 2. The minimum atomic E-state index is -1.00. The molecule has 2 aliphatic carbocycles. The van der Waals surface area contributed by atoms with Crippen LogP contribution in [0.1, 0.15) is 48.8 Å². The van der Waals surface area contributed by atoms with E-state index in [9.17, 15) is 9.90 Å². The summed E-state index contributed by atoms with van der Waals surface area (Å²) in [6, 6.07) is 23.9. The third kappa shape index (κ3) is 6.21. The van der Waals surface area contributed by atoms with Gasteiger partial charge in [0.2, 0.25) is 5.91 Å². The number of benzene rings is 3. The highest BCUT2D eigenvalue weighted by atomic mass is 16.5. The molecule has 2 fully saturated rings. The number of hydrogen-bond donors (Lipinski definition) is 1. The molecule has 0 spiro atoms. The Morgan fingerprint density at radius 2 is 1.27 bits per heavy atom. The molecule has 1 saturated heterocycles. The monoisotopic (exact) mass is 611 g/mol. The first-order valence-corrected chi connectivity index (χ1v) is 16.1. The van der Waals surface area contributed by atoms with Crippen molar-refractivity contribution >= 4 is 5.91 Å². The van der Waals surface area contributed by atoms with Crippen LogP contribution in [0.25, 0.3) is 0 Å². The van der Waals surface area contributed by atoms with Crippen molar-refractivity contribution in [2.75, 3.05) is 47.6 Å². The van der Waals surface area contributed by atoms with E-state index in [1.165, 1.54) is 6.42 Å². The van der Waals surface area contributed by atoms with E-state index in [0.717, 1.165) is 40.4 Å². The Kier molecular flexibility index (Phi) is 9.20. The van der Waals surface area contributed by atoms with Gasteiger partial charge in [0, 0.05) is 24.9 Å². The van der Waals surface area contributed by atoms with Crippen molar-refractivity contribution in [3.05, 3.63) is 102 Å². The Labute approximate surface area is 266 Å². The second-order valence-electron chi connectivity index (χ2n) is 12.9. The number of hydrogen-bond acceptors (Lipinski definition) is 6. The molecule has 6 rings (SSSR count). The topological polar surface area (TPSA) is 77.5 Å². The Hall–Kier alpha value is -3.81. The first-order chi connectivity index (χ1) is 21.9. The number of carbonyl (C=O) groups excluding carboxylic acids is 1. The standard InChI is InChI=1S/C38H45NO6/c1-42-33-12-6-30(7-13-33)38(31-8-14-34(43-2)15-9-31,32-10-16-35(44-3)17-11-32)45-26-37(25-40)18-20-39(21-19-37)36(41)24-29-23-27-4-5-28(29)22-27/h4-17,27-29,40H,18-26H2,1-3H3. The van der Waals surface area contributed by atoms with Gasteiger partial charge in [0.05, 0.1) is 34.5 Å². The van der Waals surface area contributed by atoms with Crippen LogP contribution in [0.4, 0.5) is 0 Å². The number of carbonyl (C=O) groups is 1. The van der Waals surface area contributed by atoms with Gasteiger partial charge in [0.25, 0.3) is 0 Å². The van der Waals surface area contributed by atoms with Gasteiger partial charge in [-0.3, -0.25) is 4.79 Å². The number of aliphatic hydroxyl groups is 1. The Bertz CT molecular complexity index is 1340. The average molecular weight is 612 g/mol.